The van der Waals surface area contributed by atoms with E-state index in [4.69, 9.17) is 9.88 Å². The second-order valence-electron chi connectivity index (χ2n) is 7.77. The maximum absolute atomic E-state index is 12.3. The van der Waals surface area contributed by atoms with Crippen molar-refractivity contribution in [1.29, 1.82) is 0 Å². The summed E-state index contributed by atoms with van der Waals surface area (Å²) in [5, 5.41) is 4.56. The van der Waals surface area contributed by atoms with E-state index < -0.39 is 15.3 Å². The molecule has 0 aromatic heterocycles. The van der Waals surface area contributed by atoms with Crippen LogP contribution in [0, 0.1) is 0 Å². The fourth-order valence-electron chi connectivity index (χ4n) is 3.49. The van der Waals surface area contributed by atoms with Crippen LogP contribution in [0.5, 0.6) is 0 Å². The molecule has 1 unspecified atom stereocenters. The van der Waals surface area contributed by atoms with Gasteiger partial charge in [0.1, 0.15) is 5.25 Å². The quantitative estimate of drug-likeness (QED) is 0.250. The molecule has 0 aliphatic heterocycles. The Bertz CT molecular complexity index is 707. The molecule has 0 fully saturated rings. The number of esters is 1. The largest absolute Gasteiger partial charge is 0.468 e. The van der Waals surface area contributed by atoms with Gasteiger partial charge in [0.2, 0.25) is 10.0 Å². The summed E-state index contributed by atoms with van der Waals surface area (Å²) in [6.45, 7) is 2.24. The lowest BCUT2D eigenvalue weighted by Gasteiger charge is -2.18. The van der Waals surface area contributed by atoms with Gasteiger partial charge in [-0.15, -0.1) is 11.8 Å². The van der Waals surface area contributed by atoms with Crippen LogP contribution >= 0.6 is 11.8 Å². The minimum atomic E-state index is -3.55. The van der Waals surface area contributed by atoms with E-state index in [0.29, 0.717) is 0 Å². The molecule has 1 aromatic rings. The lowest BCUT2D eigenvalue weighted by atomic mass is 9.98. The zero-order valence-corrected chi connectivity index (χ0v) is 20.2. The van der Waals surface area contributed by atoms with Crippen LogP contribution in [-0.4, -0.2) is 33.0 Å². The van der Waals surface area contributed by atoms with Gasteiger partial charge in [0.05, 0.1) is 12.9 Å². The van der Waals surface area contributed by atoms with Crippen LogP contribution in [0.1, 0.15) is 87.5 Å². The molecule has 0 saturated heterocycles. The highest BCUT2D eigenvalue weighted by Crippen LogP contribution is 2.33. The Kier molecular flexibility index (Phi) is 14.1. The van der Waals surface area contributed by atoms with E-state index in [2.05, 4.69) is 13.0 Å². The van der Waals surface area contributed by atoms with Crippen molar-refractivity contribution in [3.8, 4) is 0 Å². The Morgan fingerprint density at radius 3 is 2.13 bits per heavy atom. The molecule has 172 valence electrons. The van der Waals surface area contributed by atoms with Gasteiger partial charge in [0, 0.05) is 5.75 Å². The lowest BCUT2D eigenvalue weighted by molar-refractivity contribution is -0.140. The number of sulfonamides is 1. The van der Waals surface area contributed by atoms with Crippen LogP contribution in [-0.2, 0) is 26.0 Å². The molecule has 0 saturated carbocycles. The molecule has 1 aromatic carbocycles. The number of primary sulfonamides is 1. The minimum absolute atomic E-state index is 0.161. The van der Waals surface area contributed by atoms with Gasteiger partial charge in [-0.1, -0.05) is 89.0 Å². The Balaban J connectivity index is 2.50. The smallest absolute Gasteiger partial charge is 0.323 e. The number of nitrogens with two attached hydrogens (primary N) is 1. The van der Waals surface area contributed by atoms with E-state index in [9.17, 15) is 13.2 Å². The minimum Gasteiger partial charge on any atom is -0.468 e. The highest BCUT2D eigenvalue weighted by atomic mass is 32.2. The molecular weight excluding hydrogens is 418 g/mol. The van der Waals surface area contributed by atoms with Crippen molar-refractivity contribution in [1.82, 2.24) is 0 Å². The molecule has 0 bridgehead atoms. The number of benzene rings is 1. The predicted octanol–water partition coefficient (Wildman–Crippen LogP) is 5.39. The highest BCUT2D eigenvalue weighted by Gasteiger charge is 2.24. The SMILES string of the molecule is CCCCCCCCCCCCc1ccccc1C(SCCS(N)(=O)=O)C(=O)OC. The van der Waals surface area contributed by atoms with Crippen molar-refractivity contribution in [2.45, 2.75) is 82.8 Å². The summed E-state index contributed by atoms with van der Waals surface area (Å²) >= 11 is 1.27. The molecule has 0 amide bonds. The molecule has 0 radical (unpaired) electrons. The van der Waals surface area contributed by atoms with Gasteiger partial charge >= 0.3 is 5.97 Å². The Morgan fingerprint density at radius 1 is 1.00 bits per heavy atom. The van der Waals surface area contributed by atoms with Crippen molar-refractivity contribution in [3.63, 3.8) is 0 Å². The number of methoxy groups -OCH3 is 1. The van der Waals surface area contributed by atoms with Crippen LogP contribution in [0.15, 0.2) is 24.3 Å². The van der Waals surface area contributed by atoms with Crippen molar-refractivity contribution >= 4 is 27.8 Å². The Morgan fingerprint density at radius 2 is 1.57 bits per heavy atom. The second kappa shape index (κ2) is 15.7. The first-order valence-electron chi connectivity index (χ1n) is 11.2. The number of hydrogen-bond acceptors (Lipinski definition) is 5. The van der Waals surface area contributed by atoms with Gasteiger partial charge < -0.3 is 4.74 Å². The number of aryl methyl sites for hydroxylation is 1. The van der Waals surface area contributed by atoms with E-state index in [1.165, 1.54) is 76.7 Å². The van der Waals surface area contributed by atoms with Crippen molar-refractivity contribution in [2.75, 3.05) is 18.6 Å². The zero-order chi connectivity index (χ0) is 22.2. The van der Waals surface area contributed by atoms with Crippen LogP contribution in [0.25, 0.3) is 0 Å². The van der Waals surface area contributed by atoms with Gasteiger partial charge in [-0.2, -0.15) is 0 Å². The summed E-state index contributed by atoms with van der Waals surface area (Å²) in [7, 11) is -2.19. The zero-order valence-electron chi connectivity index (χ0n) is 18.6. The number of unbranched alkanes of at least 4 members (excludes halogenated alkanes) is 9. The van der Waals surface area contributed by atoms with E-state index in [1.807, 2.05) is 18.2 Å². The van der Waals surface area contributed by atoms with Crippen LogP contribution in [0.4, 0.5) is 0 Å². The topological polar surface area (TPSA) is 86.5 Å². The van der Waals surface area contributed by atoms with Crippen LogP contribution < -0.4 is 5.14 Å². The summed E-state index contributed by atoms with van der Waals surface area (Å²) in [5.74, 6) is -0.262. The van der Waals surface area contributed by atoms with Gasteiger partial charge in [-0.25, -0.2) is 13.6 Å². The number of rotatable bonds is 17. The summed E-state index contributed by atoms with van der Waals surface area (Å²) in [4.78, 5) is 12.3. The third-order valence-electron chi connectivity index (χ3n) is 5.20. The van der Waals surface area contributed by atoms with E-state index in [-0.39, 0.29) is 17.5 Å². The number of ether oxygens (including phenoxy) is 1. The average molecular weight is 458 g/mol. The van der Waals surface area contributed by atoms with E-state index in [1.54, 1.807) is 0 Å². The predicted molar refractivity (Wildman–Crippen MR) is 127 cm³/mol. The third kappa shape index (κ3) is 12.0. The van der Waals surface area contributed by atoms with Crippen molar-refractivity contribution < 1.29 is 17.9 Å². The number of carbonyl (C=O) groups is 1. The first kappa shape index (κ1) is 27.0. The van der Waals surface area contributed by atoms with E-state index in [0.717, 1.165) is 24.0 Å². The van der Waals surface area contributed by atoms with E-state index >= 15 is 0 Å². The van der Waals surface area contributed by atoms with Gasteiger partial charge in [-0.05, 0) is 24.0 Å². The van der Waals surface area contributed by atoms with Gasteiger partial charge in [0.25, 0.3) is 0 Å². The number of thioether (sulfide) groups is 1. The average Bonchev–Trinajstić information content (AvgIpc) is 2.72. The standard InChI is InChI=1S/C23H39NO4S2/c1-3-4-5-6-7-8-9-10-11-12-15-20-16-13-14-17-21(20)22(23(25)28-2)29-18-19-30(24,26)27/h13-14,16-17,22H,3-12,15,18-19H2,1-2H3,(H2,24,26,27). The maximum atomic E-state index is 12.3. The normalized spacial score (nSPS) is 12.6. The van der Waals surface area contributed by atoms with Crippen molar-refractivity contribution in [3.05, 3.63) is 35.4 Å². The van der Waals surface area contributed by atoms with Crippen LogP contribution in [0.3, 0.4) is 0 Å². The molecular formula is C23H39NO4S2. The molecule has 30 heavy (non-hydrogen) atoms. The molecule has 5 nitrogen and oxygen atoms in total. The second-order valence-corrected chi connectivity index (χ2v) is 10.7. The number of carbonyl (C=O) groups excluding carboxylic acids is 1. The third-order valence-corrected chi connectivity index (χ3v) is 7.46. The first-order valence-corrected chi connectivity index (χ1v) is 13.9. The molecule has 0 aliphatic carbocycles. The summed E-state index contributed by atoms with van der Waals surface area (Å²) in [5.41, 5.74) is 2.05. The monoisotopic (exact) mass is 457 g/mol. The molecule has 0 spiro atoms. The summed E-state index contributed by atoms with van der Waals surface area (Å²) in [6.07, 6.45) is 13.8. The fourth-order valence-corrected chi connectivity index (χ4v) is 5.69. The molecule has 1 atom stereocenters. The molecule has 0 heterocycles. The summed E-state index contributed by atoms with van der Waals surface area (Å²) < 4.78 is 27.4. The van der Waals surface area contributed by atoms with Gasteiger partial charge in [0.15, 0.2) is 0 Å². The van der Waals surface area contributed by atoms with Gasteiger partial charge in [-0.3, -0.25) is 4.79 Å². The highest BCUT2D eigenvalue weighted by molar-refractivity contribution is 8.01. The fraction of sp³-hybridized carbons (Fsp3) is 0.696. The molecule has 1 rings (SSSR count). The lowest BCUT2D eigenvalue weighted by Crippen LogP contribution is -2.20. The Labute approximate surface area is 187 Å². The summed E-state index contributed by atoms with van der Waals surface area (Å²) in [6, 6.07) is 7.89. The Hall–Kier alpha value is -1.05. The van der Waals surface area contributed by atoms with Crippen LogP contribution in [0.2, 0.25) is 0 Å². The molecule has 7 heteroatoms. The molecule has 0 aliphatic rings. The van der Waals surface area contributed by atoms with Crippen molar-refractivity contribution in [2.24, 2.45) is 5.14 Å². The first-order chi connectivity index (χ1) is 14.4. The number of hydrogen-bond donors (Lipinski definition) is 1. The maximum Gasteiger partial charge on any atom is 0.323 e. The molecule has 2 N–H and O–H groups in total.